The maximum Gasteiger partial charge on any atom is 0.309 e. The molecule has 0 aliphatic heterocycles. The van der Waals surface area contributed by atoms with Gasteiger partial charge in [0.15, 0.2) is 0 Å². The molecule has 0 aliphatic carbocycles. The van der Waals surface area contributed by atoms with Gasteiger partial charge in [-0.25, -0.2) is 0 Å². The molecule has 11 heavy (non-hydrogen) atoms. The highest BCUT2D eigenvalue weighted by atomic mass is 16.4. The van der Waals surface area contributed by atoms with E-state index in [-0.39, 0.29) is 6.42 Å². The van der Waals surface area contributed by atoms with Crippen molar-refractivity contribution >= 4 is 5.97 Å². The van der Waals surface area contributed by atoms with Gasteiger partial charge in [-0.05, 0) is 6.42 Å². The van der Waals surface area contributed by atoms with E-state index in [2.05, 4.69) is 0 Å². The van der Waals surface area contributed by atoms with Crippen LogP contribution in [0.4, 0.5) is 0 Å². The van der Waals surface area contributed by atoms with Gasteiger partial charge in [0, 0.05) is 0 Å². The van der Waals surface area contributed by atoms with Gasteiger partial charge in [-0.15, -0.1) is 0 Å². The van der Waals surface area contributed by atoms with Crippen molar-refractivity contribution in [2.75, 3.05) is 0 Å². The minimum Gasteiger partial charge on any atom is -0.481 e. The van der Waals surface area contributed by atoms with Crippen LogP contribution in [0.15, 0.2) is 0 Å². The monoisotopic (exact) mass is 157 g/mol. The number of aliphatic carboxylic acids is 1. The second-order valence-electron chi connectivity index (χ2n) is 2.28. The van der Waals surface area contributed by atoms with E-state index in [1.165, 1.54) is 0 Å². The van der Waals surface area contributed by atoms with Gasteiger partial charge in [0.05, 0.1) is 24.5 Å². The Morgan fingerprint density at radius 1 is 1.73 bits per heavy atom. The molecule has 0 spiro atoms. The van der Waals surface area contributed by atoms with Gasteiger partial charge in [-0.2, -0.15) is 5.26 Å². The molecule has 0 heterocycles. The lowest BCUT2D eigenvalue weighted by molar-refractivity contribution is -0.145. The Kier molecular flexibility index (Phi) is 4.23. The fraction of sp³-hybridized carbons (Fsp3) is 0.714. The molecule has 4 nitrogen and oxygen atoms in total. The summed E-state index contributed by atoms with van der Waals surface area (Å²) in [5.74, 6) is -1.86. The summed E-state index contributed by atoms with van der Waals surface area (Å²) in [6.07, 6.45) is -0.814. The van der Waals surface area contributed by atoms with E-state index in [1.807, 2.05) is 0 Å². The molecule has 62 valence electrons. The lowest BCUT2D eigenvalue weighted by Crippen LogP contribution is -2.26. The number of carbonyl (C=O) groups is 1. The van der Waals surface area contributed by atoms with Crippen molar-refractivity contribution in [3.8, 4) is 6.07 Å². The highest BCUT2D eigenvalue weighted by Gasteiger charge is 2.23. The minimum absolute atomic E-state index is 0.120. The van der Waals surface area contributed by atoms with Crippen LogP contribution >= 0.6 is 0 Å². The number of rotatable bonds is 4. The molecule has 0 saturated carbocycles. The predicted molar refractivity (Wildman–Crippen MR) is 37.7 cm³/mol. The van der Waals surface area contributed by atoms with E-state index < -0.39 is 18.0 Å². The largest absolute Gasteiger partial charge is 0.481 e. The topological polar surface area (TPSA) is 81.3 Å². The van der Waals surface area contributed by atoms with Crippen LogP contribution in [0.5, 0.6) is 0 Å². The zero-order valence-electron chi connectivity index (χ0n) is 6.32. The summed E-state index contributed by atoms with van der Waals surface area (Å²) in [6, 6.07) is 1.72. The van der Waals surface area contributed by atoms with Crippen molar-refractivity contribution in [1.29, 1.82) is 5.26 Å². The number of nitriles is 1. The Morgan fingerprint density at radius 3 is 2.55 bits per heavy atom. The van der Waals surface area contributed by atoms with Gasteiger partial charge in [0.2, 0.25) is 0 Å². The lowest BCUT2D eigenvalue weighted by Gasteiger charge is -2.13. The Labute approximate surface area is 65.1 Å². The number of carboxylic acid groups (broad SMARTS) is 1. The Hall–Kier alpha value is -1.08. The highest BCUT2D eigenvalue weighted by molar-refractivity contribution is 5.70. The number of nitrogens with zero attached hydrogens (tertiary/aromatic N) is 1. The number of aliphatic hydroxyl groups is 1. The number of hydrogen-bond acceptors (Lipinski definition) is 3. The Bertz CT molecular complexity index is 173. The molecule has 0 bridgehead atoms. The molecule has 0 aromatic carbocycles. The molecule has 0 aromatic heterocycles. The summed E-state index contributed by atoms with van der Waals surface area (Å²) in [5, 5.41) is 25.7. The Balaban J connectivity index is 4.04. The first-order valence-corrected chi connectivity index (χ1v) is 3.41. The molecule has 0 aromatic rings. The fourth-order valence-corrected chi connectivity index (χ4v) is 0.847. The molecule has 0 saturated heterocycles. The molecule has 4 heteroatoms. The SMILES string of the molecule is CCC(C(=O)O)C(O)CC#N. The maximum atomic E-state index is 10.4. The molecule has 0 amide bonds. The van der Waals surface area contributed by atoms with E-state index in [9.17, 15) is 4.79 Å². The third-order valence-electron chi connectivity index (χ3n) is 1.52. The summed E-state index contributed by atoms with van der Waals surface area (Å²) in [6.45, 7) is 1.67. The third kappa shape index (κ3) is 3.01. The summed E-state index contributed by atoms with van der Waals surface area (Å²) >= 11 is 0. The van der Waals surface area contributed by atoms with E-state index in [0.717, 1.165) is 0 Å². The van der Waals surface area contributed by atoms with Crippen molar-refractivity contribution in [3.05, 3.63) is 0 Å². The van der Waals surface area contributed by atoms with Gasteiger partial charge in [0.25, 0.3) is 0 Å². The molecule has 0 radical (unpaired) electrons. The third-order valence-corrected chi connectivity index (χ3v) is 1.52. The molecule has 2 N–H and O–H groups in total. The lowest BCUT2D eigenvalue weighted by atomic mass is 9.98. The molecular weight excluding hydrogens is 146 g/mol. The second kappa shape index (κ2) is 4.69. The summed E-state index contributed by atoms with van der Waals surface area (Å²) in [5.41, 5.74) is 0. The van der Waals surface area contributed by atoms with Crippen LogP contribution in [0, 0.1) is 17.2 Å². The maximum absolute atomic E-state index is 10.4. The van der Waals surface area contributed by atoms with Gasteiger partial charge in [-0.1, -0.05) is 6.92 Å². The van der Waals surface area contributed by atoms with Crippen molar-refractivity contribution in [1.82, 2.24) is 0 Å². The first kappa shape index (κ1) is 9.92. The second-order valence-corrected chi connectivity index (χ2v) is 2.28. The van der Waals surface area contributed by atoms with Crippen LogP contribution in [-0.4, -0.2) is 22.3 Å². The van der Waals surface area contributed by atoms with E-state index in [1.54, 1.807) is 13.0 Å². The average molecular weight is 157 g/mol. The van der Waals surface area contributed by atoms with E-state index in [4.69, 9.17) is 15.5 Å². The van der Waals surface area contributed by atoms with Crippen molar-refractivity contribution in [2.45, 2.75) is 25.9 Å². The number of aliphatic hydroxyl groups excluding tert-OH is 1. The molecule has 0 rings (SSSR count). The summed E-state index contributed by atoms with van der Waals surface area (Å²) in [7, 11) is 0. The van der Waals surface area contributed by atoms with Crippen LogP contribution in [0.2, 0.25) is 0 Å². The summed E-state index contributed by atoms with van der Waals surface area (Å²) in [4.78, 5) is 10.4. The van der Waals surface area contributed by atoms with Crippen molar-refractivity contribution in [3.63, 3.8) is 0 Å². The first-order chi connectivity index (χ1) is 5.13. The minimum atomic E-state index is -1.05. The molecule has 0 aliphatic rings. The quantitative estimate of drug-likeness (QED) is 0.617. The van der Waals surface area contributed by atoms with Crippen LogP contribution in [0.3, 0.4) is 0 Å². The van der Waals surface area contributed by atoms with Crippen LogP contribution in [0.25, 0.3) is 0 Å². The van der Waals surface area contributed by atoms with Crippen LogP contribution in [-0.2, 0) is 4.79 Å². The number of hydrogen-bond donors (Lipinski definition) is 2. The Morgan fingerprint density at radius 2 is 2.27 bits per heavy atom. The normalized spacial score (nSPS) is 15.0. The first-order valence-electron chi connectivity index (χ1n) is 3.41. The zero-order valence-corrected chi connectivity index (χ0v) is 6.32. The van der Waals surface area contributed by atoms with Gasteiger partial charge in [0.1, 0.15) is 0 Å². The molecular formula is C7H11NO3. The van der Waals surface area contributed by atoms with Crippen LogP contribution < -0.4 is 0 Å². The summed E-state index contributed by atoms with van der Waals surface area (Å²) < 4.78 is 0. The molecule has 0 fully saturated rings. The molecule has 2 unspecified atom stereocenters. The zero-order chi connectivity index (χ0) is 8.85. The van der Waals surface area contributed by atoms with Gasteiger partial charge < -0.3 is 10.2 Å². The smallest absolute Gasteiger partial charge is 0.309 e. The molecule has 2 atom stereocenters. The van der Waals surface area contributed by atoms with E-state index >= 15 is 0 Å². The highest BCUT2D eigenvalue weighted by Crippen LogP contribution is 2.11. The van der Waals surface area contributed by atoms with Gasteiger partial charge >= 0.3 is 5.97 Å². The predicted octanol–water partition coefficient (Wildman–Crippen LogP) is 0.372. The van der Waals surface area contributed by atoms with Crippen molar-refractivity contribution < 1.29 is 15.0 Å². The average Bonchev–Trinajstić information content (AvgIpc) is 1.88. The standard InChI is InChI=1S/C7H11NO3/c1-2-5(7(10)11)6(9)3-4-8/h5-6,9H,2-3H2,1H3,(H,10,11). The fourth-order valence-electron chi connectivity index (χ4n) is 0.847. The van der Waals surface area contributed by atoms with Crippen molar-refractivity contribution in [2.24, 2.45) is 5.92 Å². The van der Waals surface area contributed by atoms with E-state index in [0.29, 0.717) is 6.42 Å². The van der Waals surface area contributed by atoms with Gasteiger partial charge in [-0.3, -0.25) is 4.79 Å². The van der Waals surface area contributed by atoms with Crippen LogP contribution in [0.1, 0.15) is 19.8 Å². The number of carboxylic acids is 1.